The number of carbonyl (C=O) groups is 1. The third-order valence-electron chi connectivity index (χ3n) is 4.39. The largest absolute Gasteiger partial charge is 0.328 e. The highest BCUT2D eigenvalue weighted by atomic mass is 32.1. The van der Waals surface area contributed by atoms with Gasteiger partial charge < -0.3 is 10.6 Å². The van der Waals surface area contributed by atoms with E-state index >= 15 is 0 Å². The van der Waals surface area contributed by atoms with Crippen LogP contribution in [-0.2, 0) is 4.79 Å². The summed E-state index contributed by atoms with van der Waals surface area (Å²) in [6, 6.07) is 16.7. The zero-order valence-corrected chi connectivity index (χ0v) is 16.9. The maximum atomic E-state index is 12.4. The number of nitrogens with one attached hydrogen (secondary N) is 1. The zero-order chi connectivity index (χ0) is 19.2. The van der Waals surface area contributed by atoms with E-state index in [2.05, 4.69) is 60.9 Å². The van der Waals surface area contributed by atoms with Crippen molar-refractivity contribution in [2.75, 3.05) is 11.9 Å². The molecule has 3 rings (SSSR count). The van der Waals surface area contributed by atoms with E-state index in [9.17, 15) is 4.79 Å². The predicted molar refractivity (Wildman–Crippen MR) is 111 cm³/mol. The standard InChI is InChI=1S/C21H21N3OS2/c1-14(2)15-5-7-16(8-6-15)20(18-4-3-10-26-18)23-13-19(25)24-21-17(12-22)9-11-27-21/h3-11,14,20,23H,13H2,1-2H3,(H,24,25)/p+1/t20-/m1/s1. The lowest BCUT2D eigenvalue weighted by Crippen LogP contribution is -2.87. The van der Waals surface area contributed by atoms with E-state index in [1.54, 1.807) is 17.4 Å². The van der Waals surface area contributed by atoms with E-state index in [0.29, 0.717) is 16.5 Å². The molecule has 0 aliphatic heterocycles. The SMILES string of the molecule is CC(C)c1ccc([C@@H]([NH2+]CC(=O)Nc2sccc2C#N)c2cccs2)cc1. The Kier molecular flexibility index (Phi) is 6.40. The van der Waals surface area contributed by atoms with Crippen LogP contribution in [0.3, 0.4) is 0 Å². The molecular weight excluding hydrogens is 374 g/mol. The molecule has 2 aromatic heterocycles. The summed E-state index contributed by atoms with van der Waals surface area (Å²) in [7, 11) is 0. The van der Waals surface area contributed by atoms with Gasteiger partial charge in [0.2, 0.25) is 0 Å². The van der Waals surface area contributed by atoms with Crippen LogP contribution in [0, 0.1) is 11.3 Å². The fourth-order valence-corrected chi connectivity index (χ4v) is 4.47. The molecule has 27 heavy (non-hydrogen) atoms. The van der Waals surface area contributed by atoms with Crippen LogP contribution in [0.4, 0.5) is 5.00 Å². The Morgan fingerprint density at radius 3 is 2.48 bits per heavy atom. The lowest BCUT2D eigenvalue weighted by Gasteiger charge is -2.16. The molecule has 0 aliphatic rings. The van der Waals surface area contributed by atoms with Gasteiger partial charge in [-0.25, -0.2) is 0 Å². The van der Waals surface area contributed by atoms with Crippen molar-refractivity contribution in [2.24, 2.45) is 0 Å². The summed E-state index contributed by atoms with van der Waals surface area (Å²) in [5.41, 5.74) is 3.00. The monoisotopic (exact) mass is 396 g/mol. The van der Waals surface area contributed by atoms with Crippen molar-refractivity contribution in [2.45, 2.75) is 25.8 Å². The topological polar surface area (TPSA) is 69.5 Å². The number of nitrogens with zero attached hydrogens (tertiary/aromatic N) is 1. The molecule has 0 spiro atoms. The first-order valence-corrected chi connectivity index (χ1v) is 10.6. The molecule has 0 fully saturated rings. The van der Waals surface area contributed by atoms with E-state index in [1.165, 1.54) is 27.3 Å². The average Bonchev–Trinajstić information content (AvgIpc) is 3.34. The van der Waals surface area contributed by atoms with Gasteiger partial charge in [0, 0.05) is 5.56 Å². The van der Waals surface area contributed by atoms with Crippen LogP contribution in [0.2, 0.25) is 0 Å². The number of carbonyl (C=O) groups excluding carboxylic acids is 1. The van der Waals surface area contributed by atoms with Crippen molar-refractivity contribution in [1.82, 2.24) is 0 Å². The van der Waals surface area contributed by atoms with Gasteiger partial charge in [0.05, 0.1) is 10.4 Å². The minimum atomic E-state index is -0.102. The molecular formula is C21H22N3OS2+. The molecule has 0 aliphatic carbocycles. The van der Waals surface area contributed by atoms with Crippen molar-refractivity contribution in [3.05, 3.63) is 74.8 Å². The number of nitrogens with two attached hydrogens (primary N) is 1. The lowest BCUT2D eigenvalue weighted by atomic mass is 9.98. The Morgan fingerprint density at radius 2 is 1.85 bits per heavy atom. The van der Waals surface area contributed by atoms with Gasteiger partial charge in [-0.15, -0.1) is 22.7 Å². The second kappa shape index (κ2) is 8.96. The Bertz CT molecular complexity index is 921. The summed E-state index contributed by atoms with van der Waals surface area (Å²) < 4.78 is 0. The highest BCUT2D eigenvalue weighted by Crippen LogP contribution is 2.25. The molecule has 0 unspecified atom stereocenters. The number of hydrogen-bond acceptors (Lipinski definition) is 4. The Morgan fingerprint density at radius 1 is 1.11 bits per heavy atom. The lowest BCUT2D eigenvalue weighted by molar-refractivity contribution is -0.675. The van der Waals surface area contributed by atoms with Gasteiger partial charge in [-0.3, -0.25) is 4.79 Å². The predicted octanol–water partition coefficient (Wildman–Crippen LogP) is 4.10. The second-order valence-corrected chi connectivity index (χ2v) is 8.47. The summed E-state index contributed by atoms with van der Waals surface area (Å²) in [4.78, 5) is 13.6. The first kappa shape index (κ1) is 19.3. The van der Waals surface area contributed by atoms with Crippen LogP contribution in [-0.4, -0.2) is 12.5 Å². The third-order valence-corrected chi connectivity index (χ3v) is 6.17. The Balaban J connectivity index is 1.71. The first-order chi connectivity index (χ1) is 13.1. The smallest absolute Gasteiger partial charge is 0.280 e. The summed E-state index contributed by atoms with van der Waals surface area (Å²) >= 11 is 3.06. The molecule has 1 amide bonds. The molecule has 138 valence electrons. The van der Waals surface area contributed by atoms with Gasteiger partial charge in [-0.05, 0) is 34.4 Å². The van der Waals surface area contributed by atoms with E-state index in [0.717, 1.165) is 0 Å². The maximum absolute atomic E-state index is 12.4. The summed E-state index contributed by atoms with van der Waals surface area (Å²) in [6.07, 6.45) is 0. The highest BCUT2D eigenvalue weighted by Gasteiger charge is 2.21. The molecule has 0 saturated carbocycles. The number of thiophene rings is 2. The molecule has 0 bridgehead atoms. The maximum Gasteiger partial charge on any atom is 0.280 e. The number of quaternary nitrogens is 1. The van der Waals surface area contributed by atoms with Gasteiger partial charge in [0.15, 0.2) is 6.54 Å². The molecule has 4 nitrogen and oxygen atoms in total. The number of anilines is 1. The quantitative estimate of drug-likeness (QED) is 0.631. The van der Waals surface area contributed by atoms with Crippen LogP contribution >= 0.6 is 22.7 Å². The minimum absolute atomic E-state index is 0.0794. The van der Waals surface area contributed by atoms with Crippen molar-refractivity contribution >= 4 is 33.6 Å². The fraction of sp³-hybridized carbons (Fsp3) is 0.238. The summed E-state index contributed by atoms with van der Waals surface area (Å²) in [6.45, 7) is 4.65. The van der Waals surface area contributed by atoms with Gasteiger partial charge >= 0.3 is 0 Å². The van der Waals surface area contributed by atoms with E-state index < -0.39 is 0 Å². The summed E-state index contributed by atoms with van der Waals surface area (Å²) in [5, 5.41) is 18.4. The third kappa shape index (κ3) is 4.83. The highest BCUT2D eigenvalue weighted by molar-refractivity contribution is 7.14. The molecule has 1 atom stereocenters. The van der Waals surface area contributed by atoms with E-state index in [1.807, 2.05) is 16.8 Å². The van der Waals surface area contributed by atoms with Crippen molar-refractivity contribution in [1.29, 1.82) is 5.26 Å². The number of rotatable bonds is 7. The Labute approximate surface area is 167 Å². The zero-order valence-electron chi connectivity index (χ0n) is 15.3. The van der Waals surface area contributed by atoms with Gasteiger partial charge in [0.25, 0.3) is 5.91 Å². The average molecular weight is 397 g/mol. The fourth-order valence-electron chi connectivity index (χ4n) is 2.87. The molecule has 0 radical (unpaired) electrons. The molecule has 3 aromatic rings. The minimum Gasteiger partial charge on any atom is -0.328 e. The number of amides is 1. The van der Waals surface area contributed by atoms with Gasteiger partial charge in [-0.1, -0.05) is 44.2 Å². The molecule has 2 heterocycles. The number of hydrogen-bond donors (Lipinski definition) is 2. The molecule has 6 heteroatoms. The van der Waals surface area contributed by atoms with Crippen LogP contribution in [0.15, 0.2) is 53.2 Å². The van der Waals surface area contributed by atoms with Gasteiger partial charge in [-0.2, -0.15) is 5.26 Å². The van der Waals surface area contributed by atoms with E-state index in [-0.39, 0.29) is 18.5 Å². The van der Waals surface area contributed by atoms with Crippen LogP contribution in [0.5, 0.6) is 0 Å². The molecule has 3 N–H and O–H groups in total. The van der Waals surface area contributed by atoms with Crippen LogP contribution in [0.1, 0.15) is 47.4 Å². The first-order valence-electron chi connectivity index (χ1n) is 8.82. The normalized spacial score (nSPS) is 11.9. The Hall–Kier alpha value is -2.46. The van der Waals surface area contributed by atoms with Crippen molar-refractivity contribution < 1.29 is 10.1 Å². The molecule has 1 aromatic carbocycles. The van der Waals surface area contributed by atoms with Crippen molar-refractivity contribution in [3.63, 3.8) is 0 Å². The van der Waals surface area contributed by atoms with Crippen LogP contribution < -0.4 is 10.6 Å². The van der Waals surface area contributed by atoms with E-state index in [4.69, 9.17) is 5.26 Å². The summed E-state index contributed by atoms with van der Waals surface area (Å²) in [5.74, 6) is 0.392. The number of nitriles is 1. The van der Waals surface area contributed by atoms with Gasteiger partial charge in [0.1, 0.15) is 17.1 Å². The van der Waals surface area contributed by atoms with Crippen molar-refractivity contribution in [3.8, 4) is 6.07 Å². The molecule has 0 saturated heterocycles. The van der Waals surface area contributed by atoms with Crippen LogP contribution in [0.25, 0.3) is 0 Å². The number of benzene rings is 1. The second-order valence-electron chi connectivity index (χ2n) is 6.58.